The number of sulfonamides is 1. The highest BCUT2D eigenvalue weighted by atomic mass is 79.9. The van der Waals surface area contributed by atoms with Gasteiger partial charge in [-0.3, -0.25) is 0 Å². The van der Waals surface area contributed by atoms with Crippen LogP contribution in [0.5, 0.6) is 0 Å². The lowest BCUT2D eigenvalue weighted by Gasteiger charge is -2.35. The predicted octanol–water partition coefficient (Wildman–Crippen LogP) is 3.76. The topological polar surface area (TPSA) is 57.9 Å². The predicted molar refractivity (Wildman–Crippen MR) is 118 cm³/mol. The van der Waals surface area contributed by atoms with Crippen molar-refractivity contribution in [3.63, 3.8) is 0 Å². The minimum atomic E-state index is -3.49. The number of anilines is 1. The van der Waals surface area contributed by atoms with Crippen LogP contribution in [0.4, 0.5) is 5.82 Å². The average molecular weight is 471 g/mol. The van der Waals surface area contributed by atoms with Gasteiger partial charge in [-0.25, -0.2) is 13.4 Å². The summed E-state index contributed by atoms with van der Waals surface area (Å²) in [6.45, 7) is 2.06. The van der Waals surface area contributed by atoms with Crippen LogP contribution >= 0.6 is 15.9 Å². The first-order chi connectivity index (χ1) is 14.0. The Bertz CT molecular complexity index is 1290. The highest BCUT2D eigenvalue weighted by Gasteiger charge is 2.29. The molecule has 2 aromatic carbocycles. The van der Waals surface area contributed by atoms with E-state index < -0.39 is 10.0 Å². The Hall–Kier alpha value is -2.42. The van der Waals surface area contributed by atoms with E-state index in [1.165, 1.54) is 0 Å². The number of fused-ring (bicyclic) bond motifs is 3. The third kappa shape index (κ3) is 3.21. The third-order valence-electron chi connectivity index (χ3n) is 5.34. The summed E-state index contributed by atoms with van der Waals surface area (Å²) in [5.74, 6) is 0.898. The molecule has 1 aliphatic heterocycles. The number of hydrogen-bond acceptors (Lipinski definition) is 4. The van der Waals surface area contributed by atoms with E-state index in [-0.39, 0.29) is 0 Å². The number of piperazine rings is 1. The number of para-hydroxylation sites is 2. The van der Waals surface area contributed by atoms with Gasteiger partial charge in [-0.15, -0.1) is 0 Å². The van der Waals surface area contributed by atoms with E-state index in [0.717, 1.165) is 26.8 Å². The lowest BCUT2D eigenvalue weighted by Crippen LogP contribution is -2.49. The molecule has 2 aromatic heterocycles. The number of hydrogen-bond donors (Lipinski definition) is 0. The van der Waals surface area contributed by atoms with Crippen LogP contribution in [-0.2, 0) is 10.0 Å². The van der Waals surface area contributed by atoms with Crippen LogP contribution < -0.4 is 4.90 Å². The summed E-state index contributed by atoms with van der Waals surface area (Å²) in [4.78, 5) is 7.39. The van der Waals surface area contributed by atoms with E-state index >= 15 is 0 Å². The standard InChI is InChI=1S/C21H19BrN4O2S/c22-16-7-9-17(10-8-16)29(27,28)25-14-12-24(13-15-25)21-20-6-3-11-26(20)19-5-2-1-4-18(19)23-21/h1-11H,12-15H2. The quantitative estimate of drug-likeness (QED) is 0.457. The van der Waals surface area contributed by atoms with Crippen molar-refractivity contribution in [1.29, 1.82) is 0 Å². The van der Waals surface area contributed by atoms with Gasteiger partial charge >= 0.3 is 0 Å². The first-order valence-electron chi connectivity index (χ1n) is 9.40. The first kappa shape index (κ1) is 18.6. The van der Waals surface area contributed by atoms with E-state index in [4.69, 9.17) is 4.98 Å². The SMILES string of the molecule is O=S(=O)(c1ccc(Br)cc1)N1CCN(c2nc3ccccc3n3cccc23)CC1. The van der Waals surface area contributed by atoms with Crippen LogP contribution in [0.25, 0.3) is 16.6 Å². The molecule has 3 heterocycles. The molecule has 6 nitrogen and oxygen atoms in total. The highest BCUT2D eigenvalue weighted by Crippen LogP contribution is 2.27. The molecule has 0 N–H and O–H groups in total. The van der Waals surface area contributed by atoms with Crippen molar-refractivity contribution in [1.82, 2.24) is 13.7 Å². The van der Waals surface area contributed by atoms with Gasteiger partial charge in [0.15, 0.2) is 5.82 Å². The highest BCUT2D eigenvalue weighted by molar-refractivity contribution is 9.10. The van der Waals surface area contributed by atoms with Gasteiger partial charge in [-0.2, -0.15) is 4.31 Å². The zero-order valence-corrected chi connectivity index (χ0v) is 18.0. The third-order valence-corrected chi connectivity index (χ3v) is 7.78. The number of rotatable bonds is 3. The fourth-order valence-corrected chi connectivity index (χ4v) is 5.52. The fourth-order valence-electron chi connectivity index (χ4n) is 3.84. The van der Waals surface area contributed by atoms with Gasteiger partial charge in [0, 0.05) is 36.8 Å². The molecular formula is C21H19BrN4O2S. The molecule has 0 spiro atoms. The van der Waals surface area contributed by atoms with Gasteiger partial charge in [0.05, 0.1) is 21.4 Å². The van der Waals surface area contributed by atoms with E-state index in [1.54, 1.807) is 28.6 Å². The maximum absolute atomic E-state index is 13.0. The monoisotopic (exact) mass is 470 g/mol. The van der Waals surface area contributed by atoms with Gasteiger partial charge in [0.1, 0.15) is 0 Å². The van der Waals surface area contributed by atoms with Crippen molar-refractivity contribution in [2.45, 2.75) is 4.90 Å². The van der Waals surface area contributed by atoms with Crippen molar-refractivity contribution in [2.24, 2.45) is 0 Å². The maximum Gasteiger partial charge on any atom is 0.243 e. The second kappa shape index (κ2) is 7.12. The van der Waals surface area contributed by atoms with Crippen molar-refractivity contribution in [3.05, 3.63) is 71.3 Å². The molecule has 0 unspecified atom stereocenters. The lowest BCUT2D eigenvalue weighted by atomic mass is 10.2. The van der Waals surface area contributed by atoms with Crippen LogP contribution in [-0.4, -0.2) is 48.3 Å². The summed E-state index contributed by atoms with van der Waals surface area (Å²) in [6, 6.07) is 18.9. The molecule has 0 bridgehead atoms. The van der Waals surface area contributed by atoms with Crippen molar-refractivity contribution < 1.29 is 8.42 Å². The van der Waals surface area contributed by atoms with E-state index in [0.29, 0.717) is 31.1 Å². The largest absolute Gasteiger partial charge is 0.352 e. The van der Waals surface area contributed by atoms with Crippen molar-refractivity contribution >= 4 is 48.3 Å². The Labute approximate surface area is 177 Å². The van der Waals surface area contributed by atoms with Gasteiger partial charge in [-0.1, -0.05) is 28.1 Å². The normalized spacial score (nSPS) is 16.0. The van der Waals surface area contributed by atoms with E-state index in [2.05, 4.69) is 37.4 Å². The summed E-state index contributed by atoms with van der Waals surface area (Å²) < 4.78 is 30.5. The summed E-state index contributed by atoms with van der Waals surface area (Å²) >= 11 is 3.35. The summed E-state index contributed by atoms with van der Waals surface area (Å²) in [5, 5.41) is 0. The molecule has 0 radical (unpaired) electrons. The molecule has 5 rings (SSSR count). The molecule has 1 saturated heterocycles. The lowest BCUT2D eigenvalue weighted by molar-refractivity contribution is 0.384. The molecule has 0 atom stereocenters. The number of aromatic nitrogens is 2. The van der Waals surface area contributed by atoms with Crippen LogP contribution in [0, 0.1) is 0 Å². The molecule has 148 valence electrons. The Morgan fingerprint density at radius 1 is 0.828 bits per heavy atom. The van der Waals surface area contributed by atoms with Crippen molar-refractivity contribution in [2.75, 3.05) is 31.1 Å². The first-order valence-corrected chi connectivity index (χ1v) is 11.6. The molecule has 0 saturated carbocycles. The van der Waals surface area contributed by atoms with Crippen LogP contribution in [0.15, 0.2) is 76.2 Å². The molecule has 0 aliphatic carbocycles. The summed E-state index contributed by atoms with van der Waals surface area (Å²) in [6.07, 6.45) is 2.04. The second-order valence-electron chi connectivity index (χ2n) is 7.03. The van der Waals surface area contributed by atoms with Gasteiger partial charge in [0.2, 0.25) is 10.0 Å². The minimum Gasteiger partial charge on any atom is -0.352 e. The Balaban J connectivity index is 1.43. The average Bonchev–Trinajstić information content (AvgIpc) is 3.24. The smallest absolute Gasteiger partial charge is 0.243 e. The maximum atomic E-state index is 13.0. The van der Waals surface area contributed by atoms with Gasteiger partial charge in [-0.05, 0) is 48.5 Å². The van der Waals surface area contributed by atoms with E-state index in [1.807, 2.05) is 30.5 Å². The fraction of sp³-hybridized carbons (Fsp3) is 0.190. The zero-order valence-electron chi connectivity index (χ0n) is 15.6. The minimum absolute atomic E-state index is 0.326. The van der Waals surface area contributed by atoms with Crippen LogP contribution in [0.3, 0.4) is 0 Å². The Kier molecular flexibility index (Phi) is 4.57. The van der Waals surface area contributed by atoms with Crippen LogP contribution in [0.2, 0.25) is 0 Å². The number of benzene rings is 2. The van der Waals surface area contributed by atoms with Crippen LogP contribution in [0.1, 0.15) is 0 Å². The zero-order chi connectivity index (χ0) is 20.0. The summed E-state index contributed by atoms with van der Waals surface area (Å²) in [7, 11) is -3.49. The molecule has 1 aliphatic rings. The number of nitrogens with zero attached hydrogens (tertiary/aromatic N) is 4. The van der Waals surface area contributed by atoms with Crippen molar-refractivity contribution in [3.8, 4) is 0 Å². The molecule has 0 amide bonds. The molecule has 4 aromatic rings. The Morgan fingerprint density at radius 2 is 1.52 bits per heavy atom. The number of halogens is 1. The molecule has 29 heavy (non-hydrogen) atoms. The van der Waals surface area contributed by atoms with E-state index in [9.17, 15) is 8.42 Å². The molecule has 1 fully saturated rings. The molecule has 8 heteroatoms. The molecular weight excluding hydrogens is 452 g/mol. The van der Waals surface area contributed by atoms with Gasteiger partial charge in [0.25, 0.3) is 0 Å². The summed E-state index contributed by atoms with van der Waals surface area (Å²) in [5.41, 5.74) is 3.02. The second-order valence-corrected chi connectivity index (χ2v) is 9.89. The Morgan fingerprint density at radius 3 is 2.28 bits per heavy atom. The van der Waals surface area contributed by atoms with Gasteiger partial charge < -0.3 is 9.30 Å².